The van der Waals surface area contributed by atoms with Gasteiger partial charge in [-0.3, -0.25) is 4.79 Å². The maximum Gasteiger partial charge on any atom is 0.256 e. The predicted molar refractivity (Wildman–Crippen MR) is 126 cm³/mol. The molecule has 0 aliphatic carbocycles. The molecule has 0 saturated carbocycles. The topological polar surface area (TPSA) is 79.2 Å². The van der Waals surface area contributed by atoms with Crippen molar-refractivity contribution in [1.82, 2.24) is 29.3 Å². The highest BCUT2D eigenvalue weighted by Crippen LogP contribution is 2.27. The number of nitrogens with zero attached hydrogens (tertiary/aromatic N) is 6. The van der Waals surface area contributed by atoms with Crippen LogP contribution >= 0.6 is 0 Å². The Morgan fingerprint density at radius 2 is 1.94 bits per heavy atom. The van der Waals surface area contributed by atoms with Gasteiger partial charge < -0.3 is 19.7 Å². The van der Waals surface area contributed by atoms with E-state index in [1.54, 1.807) is 17.2 Å². The molecule has 0 spiro atoms. The lowest BCUT2D eigenvalue weighted by Gasteiger charge is -2.20. The van der Waals surface area contributed by atoms with Crippen LogP contribution < -0.4 is 5.32 Å². The average Bonchev–Trinajstić information content (AvgIpc) is 3.42. The van der Waals surface area contributed by atoms with Crippen molar-refractivity contribution in [3.63, 3.8) is 0 Å². The maximum atomic E-state index is 14.9. The van der Waals surface area contributed by atoms with Crippen LogP contribution in [0.3, 0.4) is 0 Å². The zero-order chi connectivity index (χ0) is 24.6. The minimum absolute atomic E-state index is 0.0157. The van der Waals surface area contributed by atoms with Crippen molar-refractivity contribution in [3.05, 3.63) is 53.6 Å². The van der Waals surface area contributed by atoms with E-state index in [9.17, 15) is 13.6 Å². The van der Waals surface area contributed by atoms with Gasteiger partial charge in [0.2, 0.25) is 5.95 Å². The summed E-state index contributed by atoms with van der Waals surface area (Å²) in [5, 5.41) is 2.91. The van der Waals surface area contributed by atoms with Crippen LogP contribution in [0.25, 0.3) is 11.4 Å². The summed E-state index contributed by atoms with van der Waals surface area (Å²) in [5.74, 6) is -0.696. The van der Waals surface area contributed by atoms with E-state index in [1.165, 1.54) is 12.1 Å². The van der Waals surface area contributed by atoms with Crippen molar-refractivity contribution < 1.29 is 13.6 Å². The number of carbonyl (C=O) groups is 1. The molecular weight excluding hydrogens is 440 g/mol. The number of aryl methyl sites for hydroxylation is 1. The lowest BCUT2D eigenvalue weighted by Crippen LogP contribution is -2.34. The van der Waals surface area contributed by atoms with Gasteiger partial charge in [0, 0.05) is 30.9 Å². The molecule has 4 rings (SSSR count). The zero-order valence-corrected chi connectivity index (χ0v) is 20.0. The second-order valence-corrected chi connectivity index (χ2v) is 9.02. The number of anilines is 2. The summed E-state index contributed by atoms with van der Waals surface area (Å²) in [5.41, 5.74) is 1.00. The Hall–Kier alpha value is -3.40. The van der Waals surface area contributed by atoms with E-state index < -0.39 is 11.6 Å². The molecule has 1 fully saturated rings. The van der Waals surface area contributed by atoms with Gasteiger partial charge in [-0.05, 0) is 59.5 Å². The summed E-state index contributed by atoms with van der Waals surface area (Å²) in [6.45, 7) is 6.97. The number of halogens is 2. The Morgan fingerprint density at radius 3 is 2.59 bits per heavy atom. The fourth-order valence-corrected chi connectivity index (χ4v) is 4.30. The molecule has 1 saturated heterocycles. The second kappa shape index (κ2) is 9.46. The molecule has 0 unspecified atom stereocenters. The van der Waals surface area contributed by atoms with E-state index >= 15 is 0 Å². The molecular formula is C24H29F2N7O. The van der Waals surface area contributed by atoms with Crippen molar-refractivity contribution >= 4 is 17.5 Å². The first kappa shape index (κ1) is 23.7. The summed E-state index contributed by atoms with van der Waals surface area (Å²) in [7, 11) is 3.95. The molecule has 1 aliphatic rings. The van der Waals surface area contributed by atoms with Crippen LogP contribution in [0.1, 0.15) is 42.5 Å². The van der Waals surface area contributed by atoms with Crippen molar-refractivity contribution in [1.29, 1.82) is 0 Å². The number of aromatic nitrogens is 4. The smallest absolute Gasteiger partial charge is 0.256 e. The highest BCUT2D eigenvalue weighted by atomic mass is 19.1. The van der Waals surface area contributed by atoms with E-state index in [1.807, 2.05) is 39.4 Å². The van der Waals surface area contributed by atoms with Gasteiger partial charge >= 0.3 is 0 Å². The average molecular weight is 470 g/mol. The Kier molecular flexibility index (Phi) is 6.60. The quantitative estimate of drug-likeness (QED) is 0.587. The molecule has 3 heterocycles. The van der Waals surface area contributed by atoms with Crippen molar-refractivity contribution in [2.24, 2.45) is 0 Å². The number of likely N-dealkylation sites (tertiary alicyclic amines) is 1. The van der Waals surface area contributed by atoms with Crippen LogP contribution in [-0.4, -0.2) is 68.5 Å². The molecule has 180 valence electrons. The third-order valence-corrected chi connectivity index (χ3v) is 6.12. The van der Waals surface area contributed by atoms with Gasteiger partial charge in [0.1, 0.15) is 17.3 Å². The molecule has 0 bridgehead atoms. The number of rotatable bonds is 6. The number of carbonyl (C=O) groups excluding carboxylic acids is 1. The van der Waals surface area contributed by atoms with Crippen LogP contribution in [0.4, 0.5) is 20.4 Å². The number of benzene rings is 1. The first-order chi connectivity index (χ1) is 16.2. The molecule has 3 aromatic rings. The van der Waals surface area contributed by atoms with E-state index in [2.05, 4.69) is 25.2 Å². The van der Waals surface area contributed by atoms with Gasteiger partial charge in [-0.2, -0.15) is 0 Å². The normalized spacial score (nSPS) is 16.0. The number of amides is 1. The Balaban J connectivity index is 1.55. The summed E-state index contributed by atoms with van der Waals surface area (Å²) in [4.78, 5) is 29.1. The molecule has 34 heavy (non-hydrogen) atoms. The number of nitrogens with one attached hydrogen (secondary N) is 1. The Morgan fingerprint density at radius 1 is 1.18 bits per heavy atom. The summed E-state index contributed by atoms with van der Waals surface area (Å²) in [6, 6.07) is 4.59. The summed E-state index contributed by atoms with van der Waals surface area (Å²) in [6.07, 6.45) is 3.50. The first-order valence-electron chi connectivity index (χ1n) is 11.2. The molecule has 1 atom stereocenters. The molecule has 10 heteroatoms. The summed E-state index contributed by atoms with van der Waals surface area (Å²) >= 11 is 0. The van der Waals surface area contributed by atoms with Crippen molar-refractivity contribution in [2.75, 3.05) is 32.5 Å². The molecule has 8 nitrogen and oxygen atoms in total. The molecule has 1 amide bonds. The van der Waals surface area contributed by atoms with E-state index in [-0.39, 0.29) is 35.2 Å². The van der Waals surface area contributed by atoms with Crippen molar-refractivity contribution in [3.8, 4) is 11.4 Å². The van der Waals surface area contributed by atoms with Gasteiger partial charge in [-0.1, -0.05) is 0 Å². The van der Waals surface area contributed by atoms with Crippen LogP contribution in [-0.2, 0) is 0 Å². The van der Waals surface area contributed by atoms with Crippen molar-refractivity contribution in [2.45, 2.75) is 39.3 Å². The lowest BCUT2D eigenvalue weighted by atomic mass is 10.1. The maximum absolute atomic E-state index is 14.9. The number of hydrogen-bond donors (Lipinski definition) is 1. The van der Waals surface area contributed by atoms with Gasteiger partial charge in [-0.15, -0.1) is 0 Å². The fraction of sp³-hybridized carbons (Fsp3) is 0.417. The molecule has 1 aromatic carbocycles. The van der Waals surface area contributed by atoms with Crippen LogP contribution in [0, 0.1) is 18.6 Å². The predicted octanol–water partition coefficient (Wildman–Crippen LogP) is 4.03. The van der Waals surface area contributed by atoms with Gasteiger partial charge in [0.05, 0.1) is 23.7 Å². The van der Waals surface area contributed by atoms with E-state index in [0.29, 0.717) is 24.5 Å². The molecule has 2 aromatic heterocycles. The number of imidazole rings is 1. The Labute approximate surface area is 197 Å². The standard InChI is InChI=1S/C24H29F2N7O/c1-14(2)33-15(3)27-12-21(33)22-20(26)11-28-24(30-22)29-16-6-7-18(19(25)10-16)23(34)32-9-8-17(13-32)31(4)5/h6-7,10-12,14,17H,8-9,13H2,1-5H3,(H,28,29,30)/t17-/m0/s1. The fourth-order valence-electron chi connectivity index (χ4n) is 4.30. The molecule has 0 radical (unpaired) electrons. The second-order valence-electron chi connectivity index (χ2n) is 9.02. The molecule has 1 aliphatic heterocycles. The Bertz CT molecular complexity index is 1210. The summed E-state index contributed by atoms with van der Waals surface area (Å²) < 4.78 is 31.3. The first-order valence-corrected chi connectivity index (χ1v) is 11.2. The lowest BCUT2D eigenvalue weighted by molar-refractivity contribution is 0.0778. The van der Waals surface area contributed by atoms with Gasteiger partial charge in [0.15, 0.2) is 5.82 Å². The third kappa shape index (κ3) is 4.63. The van der Waals surface area contributed by atoms with Gasteiger partial charge in [-0.25, -0.2) is 23.7 Å². The third-order valence-electron chi connectivity index (χ3n) is 6.12. The highest BCUT2D eigenvalue weighted by molar-refractivity contribution is 5.95. The highest BCUT2D eigenvalue weighted by Gasteiger charge is 2.29. The number of likely N-dealkylation sites (N-methyl/N-ethyl adjacent to an activating group) is 1. The monoisotopic (exact) mass is 469 g/mol. The SMILES string of the molecule is Cc1ncc(-c2nc(Nc3ccc(C(=O)N4CC[C@H](N(C)C)C4)c(F)c3)ncc2F)n1C(C)C. The van der Waals surface area contributed by atoms with E-state index in [0.717, 1.165) is 18.4 Å². The zero-order valence-electron chi connectivity index (χ0n) is 20.0. The minimum Gasteiger partial charge on any atom is -0.337 e. The van der Waals surface area contributed by atoms with Gasteiger partial charge in [0.25, 0.3) is 5.91 Å². The largest absolute Gasteiger partial charge is 0.337 e. The van der Waals surface area contributed by atoms with Crippen LogP contribution in [0.2, 0.25) is 0 Å². The van der Waals surface area contributed by atoms with Crippen LogP contribution in [0.5, 0.6) is 0 Å². The van der Waals surface area contributed by atoms with Crippen LogP contribution in [0.15, 0.2) is 30.6 Å². The van der Waals surface area contributed by atoms with E-state index in [4.69, 9.17) is 0 Å². The minimum atomic E-state index is -0.640. The molecule has 1 N–H and O–H groups in total. The number of hydrogen-bond acceptors (Lipinski definition) is 6.